The van der Waals surface area contributed by atoms with Gasteiger partial charge in [-0.25, -0.2) is 18.2 Å². The molecule has 2 amide bonds. The Bertz CT molecular complexity index is 1430. The summed E-state index contributed by atoms with van der Waals surface area (Å²) in [6.07, 6.45) is -0.429. The predicted octanol–water partition coefficient (Wildman–Crippen LogP) is 3.48. The Morgan fingerprint density at radius 3 is 2.26 bits per heavy atom. The first-order valence-electron chi connectivity index (χ1n) is 12.4. The summed E-state index contributed by atoms with van der Waals surface area (Å²) < 4.78 is 34.7. The van der Waals surface area contributed by atoms with E-state index in [4.69, 9.17) is 9.72 Å². The molecule has 3 heterocycles. The van der Waals surface area contributed by atoms with Crippen LogP contribution in [-0.2, 0) is 14.8 Å². The third-order valence-corrected chi connectivity index (χ3v) is 10.2. The van der Waals surface area contributed by atoms with Gasteiger partial charge in [-0.3, -0.25) is 4.79 Å². The van der Waals surface area contributed by atoms with E-state index in [1.54, 1.807) is 35.3 Å². The third-order valence-electron chi connectivity index (χ3n) is 6.68. The van der Waals surface area contributed by atoms with Gasteiger partial charge in [-0.2, -0.15) is 4.31 Å². The number of fused-ring (bicyclic) bond motifs is 1. The van der Waals surface area contributed by atoms with Crippen LogP contribution in [0, 0.1) is 0 Å². The fraction of sp³-hybridized carbons (Fsp3) is 0.400. The van der Waals surface area contributed by atoms with E-state index in [9.17, 15) is 18.0 Å². The number of halogens is 1. The molecular weight excluding hydrogens is 594 g/mol. The highest BCUT2D eigenvalue weighted by Crippen LogP contribution is 2.31. The molecule has 2 fully saturated rings. The average Bonchev–Trinajstić information content (AvgIpc) is 3.36. The van der Waals surface area contributed by atoms with Crippen LogP contribution in [0.5, 0.6) is 0 Å². The molecule has 0 radical (unpaired) electrons. The molecular formula is C25H28BrN5O5S2. The zero-order chi connectivity index (χ0) is 26.9. The molecule has 0 unspecified atom stereocenters. The summed E-state index contributed by atoms with van der Waals surface area (Å²) in [5.74, 6) is -0.120. The predicted molar refractivity (Wildman–Crippen MR) is 149 cm³/mol. The van der Waals surface area contributed by atoms with Crippen LogP contribution in [-0.4, -0.2) is 98.5 Å². The first-order chi connectivity index (χ1) is 18.3. The molecule has 0 spiro atoms. The van der Waals surface area contributed by atoms with Gasteiger partial charge in [0.15, 0.2) is 5.13 Å². The number of rotatable bonds is 5. The van der Waals surface area contributed by atoms with Crippen molar-refractivity contribution >= 4 is 64.6 Å². The number of aromatic nitrogens is 1. The number of amides is 2. The minimum absolute atomic E-state index is 0.120. The van der Waals surface area contributed by atoms with Gasteiger partial charge in [-0.05, 0) is 49.4 Å². The SMILES string of the molecule is CCOC(=O)N1CCN(S(=O)(=O)c2ccc(C(=O)N3CCN(c4nc5ccc(Br)cc5s4)CC3)cc2)CC1. The number of anilines is 1. The third kappa shape index (κ3) is 5.51. The number of hydrogen-bond donors (Lipinski definition) is 0. The van der Waals surface area contributed by atoms with Crippen molar-refractivity contribution in [1.29, 1.82) is 0 Å². The molecule has 2 aliphatic rings. The Morgan fingerprint density at radius 1 is 0.947 bits per heavy atom. The Labute approximate surface area is 234 Å². The number of hydrogen-bond acceptors (Lipinski definition) is 8. The minimum Gasteiger partial charge on any atom is -0.450 e. The fourth-order valence-electron chi connectivity index (χ4n) is 4.55. The molecule has 2 aromatic carbocycles. The van der Waals surface area contributed by atoms with Gasteiger partial charge in [0.05, 0.1) is 21.7 Å². The van der Waals surface area contributed by atoms with Crippen molar-refractivity contribution in [3.05, 3.63) is 52.5 Å². The maximum absolute atomic E-state index is 13.1. The molecule has 10 nitrogen and oxygen atoms in total. The van der Waals surface area contributed by atoms with Crippen LogP contribution < -0.4 is 4.90 Å². The van der Waals surface area contributed by atoms with Gasteiger partial charge in [-0.1, -0.05) is 27.3 Å². The van der Waals surface area contributed by atoms with Crippen LogP contribution in [0.1, 0.15) is 17.3 Å². The van der Waals surface area contributed by atoms with Gasteiger partial charge in [0.25, 0.3) is 5.91 Å². The molecule has 0 atom stereocenters. The van der Waals surface area contributed by atoms with Crippen molar-refractivity contribution < 1.29 is 22.7 Å². The van der Waals surface area contributed by atoms with Crippen LogP contribution in [0.2, 0.25) is 0 Å². The van der Waals surface area contributed by atoms with E-state index in [1.165, 1.54) is 21.3 Å². The van der Waals surface area contributed by atoms with Crippen LogP contribution >= 0.6 is 27.3 Å². The normalized spacial score (nSPS) is 17.2. The van der Waals surface area contributed by atoms with E-state index in [-0.39, 0.29) is 43.6 Å². The smallest absolute Gasteiger partial charge is 0.409 e. The molecule has 0 N–H and O–H groups in total. The van der Waals surface area contributed by atoms with Crippen LogP contribution in [0.25, 0.3) is 10.2 Å². The van der Waals surface area contributed by atoms with E-state index < -0.39 is 16.1 Å². The summed E-state index contributed by atoms with van der Waals surface area (Å²) in [5, 5.41) is 0.947. The molecule has 3 aromatic rings. The molecule has 202 valence electrons. The summed E-state index contributed by atoms with van der Waals surface area (Å²) in [6.45, 7) is 5.41. The second-order valence-corrected chi connectivity index (χ2v) is 12.9. The molecule has 13 heteroatoms. The summed E-state index contributed by atoms with van der Waals surface area (Å²) >= 11 is 5.14. The van der Waals surface area contributed by atoms with E-state index in [2.05, 4.69) is 26.9 Å². The molecule has 1 aromatic heterocycles. The second-order valence-electron chi connectivity index (χ2n) is 9.00. The lowest BCUT2D eigenvalue weighted by molar-refractivity contribution is 0.0746. The van der Waals surface area contributed by atoms with Gasteiger partial charge in [0.1, 0.15) is 0 Å². The van der Waals surface area contributed by atoms with Gasteiger partial charge in [-0.15, -0.1) is 0 Å². The highest BCUT2D eigenvalue weighted by Gasteiger charge is 2.31. The Balaban J connectivity index is 1.18. The molecule has 2 aliphatic heterocycles. The standard InChI is InChI=1S/C25H28BrN5O5S2/c1-2-36-25(33)30-13-15-31(16-14-30)38(34,35)20-6-3-18(4-7-20)23(32)28-9-11-29(12-10-28)24-27-21-8-5-19(26)17-22(21)37-24/h3-8,17H,2,9-16H2,1H3. The van der Waals surface area contributed by atoms with E-state index >= 15 is 0 Å². The fourth-order valence-corrected chi connectivity index (χ4v) is 7.54. The molecule has 0 bridgehead atoms. The highest BCUT2D eigenvalue weighted by atomic mass is 79.9. The van der Waals surface area contributed by atoms with E-state index in [1.807, 2.05) is 12.1 Å². The number of piperazine rings is 2. The van der Waals surface area contributed by atoms with Gasteiger partial charge in [0, 0.05) is 62.4 Å². The molecule has 2 saturated heterocycles. The van der Waals surface area contributed by atoms with E-state index in [0.29, 0.717) is 31.7 Å². The van der Waals surface area contributed by atoms with E-state index in [0.717, 1.165) is 19.8 Å². The first kappa shape index (κ1) is 26.9. The summed E-state index contributed by atoms with van der Waals surface area (Å²) in [6, 6.07) is 12.1. The maximum Gasteiger partial charge on any atom is 0.409 e. The molecule has 0 saturated carbocycles. The maximum atomic E-state index is 13.1. The van der Waals surface area contributed by atoms with Crippen LogP contribution in [0.15, 0.2) is 51.8 Å². The van der Waals surface area contributed by atoms with Gasteiger partial charge in [0.2, 0.25) is 10.0 Å². The number of ether oxygens (including phenoxy) is 1. The van der Waals surface area contributed by atoms with Crippen molar-refractivity contribution in [3.63, 3.8) is 0 Å². The Morgan fingerprint density at radius 2 is 1.61 bits per heavy atom. The minimum atomic E-state index is -3.73. The summed E-state index contributed by atoms with van der Waals surface area (Å²) in [5.41, 5.74) is 1.41. The lowest BCUT2D eigenvalue weighted by atomic mass is 10.2. The summed E-state index contributed by atoms with van der Waals surface area (Å²) in [4.78, 5) is 35.4. The number of nitrogens with zero attached hydrogens (tertiary/aromatic N) is 5. The quantitative estimate of drug-likeness (QED) is 0.430. The largest absolute Gasteiger partial charge is 0.450 e. The van der Waals surface area contributed by atoms with Gasteiger partial charge >= 0.3 is 6.09 Å². The molecule has 5 rings (SSSR count). The monoisotopic (exact) mass is 621 g/mol. The van der Waals surface area contributed by atoms with Crippen molar-refractivity contribution in [2.24, 2.45) is 0 Å². The zero-order valence-corrected chi connectivity index (χ0v) is 24.1. The topological polar surface area (TPSA) is 103 Å². The van der Waals surface area contributed by atoms with Crippen molar-refractivity contribution in [2.75, 3.05) is 63.9 Å². The van der Waals surface area contributed by atoms with Crippen molar-refractivity contribution in [1.82, 2.24) is 19.1 Å². The average molecular weight is 623 g/mol. The lowest BCUT2D eigenvalue weighted by Gasteiger charge is -2.34. The molecule has 38 heavy (non-hydrogen) atoms. The van der Waals surface area contributed by atoms with Gasteiger partial charge < -0.3 is 19.4 Å². The summed E-state index contributed by atoms with van der Waals surface area (Å²) in [7, 11) is -3.73. The number of benzene rings is 2. The highest BCUT2D eigenvalue weighted by molar-refractivity contribution is 9.10. The Hall–Kier alpha value is -2.74. The number of thiazole rings is 1. The van der Waals surface area contributed by atoms with Crippen molar-refractivity contribution in [2.45, 2.75) is 11.8 Å². The van der Waals surface area contributed by atoms with Crippen LogP contribution in [0.4, 0.5) is 9.93 Å². The first-order valence-corrected chi connectivity index (χ1v) is 15.4. The van der Waals surface area contributed by atoms with Crippen LogP contribution in [0.3, 0.4) is 0 Å². The van der Waals surface area contributed by atoms with Crippen molar-refractivity contribution in [3.8, 4) is 0 Å². The zero-order valence-electron chi connectivity index (χ0n) is 20.9. The Kier molecular flexibility index (Phi) is 7.89. The number of carbonyl (C=O) groups is 2. The lowest BCUT2D eigenvalue weighted by Crippen LogP contribution is -2.50. The number of sulfonamides is 1. The molecule has 0 aliphatic carbocycles. The number of carbonyl (C=O) groups excluding carboxylic acids is 2. The second kappa shape index (κ2) is 11.2.